The van der Waals surface area contributed by atoms with Crippen molar-refractivity contribution in [3.05, 3.63) is 4.85 Å². The quantitative estimate of drug-likeness (QED) is 0.592. The third-order valence-corrected chi connectivity index (χ3v) is 1.85. The summed E-state index contributed by atoms with van der Waals surface area (Å²) in [6.45, 7) is 13.1. The fourth-order valence-electron chi connectivity index (χ4n) is 1.30. The summed E-state index contributed by atoms with van der Waals surface area (Å²) in [5, 5.41) is 0. The van der Waals surface area contributed by atoms with Gasteiger partial charge in [-0.15, -0.1) is 0 Å². The summed E-state index contributed by atoms with van der Waals surface area (Å²) >= 11 is 0. The first-order valence-corrected chi connectivity index (χ1v) is 4.90. The summed E-state index contributed by atoms with van der Waals surface area (Å²) in [4.78, 5) is 4.47. The third-order valence-electron chi connectivity index (χ3n) is 1.85. The number of nitrogens with zero attached hydrogens (tertiary/aromatic N) is 1. The van der Waals surface area contributed by atoms with Gasteiger partial charge in [0.15, 0.2) is 0 Å². The second-order valence-corrected chi connectivity index (χ2v) is 4.39. The predicted molar refractivity (Wildman–Crippen MR) is 55.5 cm³/mol. The number of hydrogen-bond donors (Lipinski definition) is 0. The molecule has 0 heterocycles. The van der Waals surface area contributed by atoms with Gasteiger partial charge < -0.3 is 0 Å². The molecule has 0 saturated heterocycles. The van der Waals surface area contributed by atoms with Crippen molar-refractivity contribution in [2.24, 2.45) is 17.8 Å². The molecule has 1 nitrogen and oxygen atoms in total. The van der Waals surface area contributed by atoms with Gasteiger partial charge >= 0.3 is 0 Å². The average Bonchev–Trinajstić information content (AvgIpc) is 1.84. The van der Waals surface area contributed by atoms with Crippen molar-refractivity contribution < 1.29 is 0 Å². The molecule has 70 valence electrons. The first-order valence-electron chi connectivity index (χ1n) is 4.90. The van der Waals surface area contributed by atoms with Crippen LogP contribution in [0.15, 0.2) is 0 Å². The highest BCUT2D eigenvalue weighted by Crippen LogP contribution is 2.16. The van der Waals surface area contributed by atoms with Gasteiger partial charge in [0.25, 0.3) is 12.1 Å². The third kappa shape index (κ3) is 4.38. The maximum absolute atomic E-state index is 4.47. The molecule has 0 fully saturated rings. The molecule has 0 aliphatic rings. The van der Waals surface area contributed by atoms with Crippen LogP contribution in [0.2, 0.25) is 0 Å². The van der Waals surface area contributed by atoms with Crippen molar-refractivity contribution in [1.29, 1.82) is 0 Å². The lowest BCUT2D eigenvalue weighted by atomic mass is 9.94. The second-order valence-electron chi connectivity index (χ2n) is 4.39. The molecule has 0 atom stereocenters. The van der Waals surface area contributed by atoms with Gasteiger partial charge in [-0.25, -0.2) is 0 Å². The predicted octanol–water partition coefficient (Wildman–Crippen LogP) is 3.66. The summed E-state index contributed by atoms with van der Waals surface area (Å²) in [6, 6.07) is 3.57. The Morgan fingerprint density at radius 3 is 1.50 bits per heavy atom. The fraction of sp³-hybridized carbons (Fsp3) is 0.909. The zero-order valence-electron chi connectivity index (χ0n) is 9.26. The van der Waals surface area contributed by atoms with Gasteiger partial charge in [0, 0.05) is 11.8 Å². The maximum atomic E-state index is 4.47. The summed E-state index contributed by atoms with van der Waals surface area (Å²) < 4.78 is 0. The van der Waals surface area contributed by atoms with Gasteiger partial charge in [-0.1, -0.05) is 32.5 Å². The number of hydrogen-bond acceptors (Lipinski definition) is 0. The molecule has 0 aromatic heterocycles. The first kappa shape index (κ1) is 11.5. The molecule has 1 heteroatoms. The second kappa shape index (κ2) is 5.19. The van der Waals surface area contributed by atoms with Gasteiger partial charge in [0.2, 0.25) is 0 Å². The largest absolute Gasteiger partial charge is 0.276 e. The highest BCUT2D eigenvalue weighted by atomic mass is 14.7. The van der Waals surface area contributed by atoms with E-state index in [2.05, 4.69) is 52.5 Å². The van der Waals surface area contributed by atoms with E-state index in [1.165, 1.54) is 0 Å². The van der Waals surface area contributed by atoms with E-state index in [4.69, 9.17) is 0 Å². The minimum absolute atomic E-state index is 0.437. The Morgan fingerprint density at radius 1 is 0.833 bits per heavy atom. The van der Waals surface area contributed by atoms with Gasteiger partial charge in [0.05, 0.1) is 5.92 Å². The molecule has 0 N–H and O–H groups in total. The van der Waals surface area contributed by atoms with Crippen LogP contribution in [0.25, 0.3) is 4.85 Å². The molecule has 0 spiro atoms. The van der Waals surface area contributed by atoms with Crippen molar-refractivity contribution in [3.63, 3.8) is 0 Å². The Hall–Kier alpha value is -0.510. The van der Waals surface area contributed by atoms with Crippen LogP contribution in [0.3, 0.4) is 0 Å². The van der Waals surface area contributed by atoms with Gasteiger partial charge in [-0.3, -0.25) is 0 Å². The lowest BCUT2D eigenvalue weighted by molar-refractivity contribution is 0.436. The van der Waals surface area contributed by atoms with E-state index in [9.17, 15) is 0 Å². The molecule has 0 rings (SSSR count). The summed E-state index contributed by atoms with van der Waals surface area (Å²) in [5.41, 5.74) is 0. The lowest BCUT2D eigenvalue weighted by Gasteiger charge is -2.07. The van der Waals surface area contributed by atoms with Crippen LogP contribution >= 0.6 is 0 Å². The number of rotatable bonds is 2. The molecular formula is C11H22N+. The van der Waals surface area contributed by atoms with Crippen LogP contribution in [0, 0.1) is 23.8 Å². The monoisotopic (exact) mass is 168 g/mol. The molecule has 0 aromatic rings. The Morgan fingerprint density at radius 2 is 1.25 bits per heavy atom. The van der Waals surface area contributed by atoms with E-state index < -0.39 is 0 Å². The minimum Gasteiger partial charge on any atom is -0.0796 e. The standard InChI is InChI=1S/C11H22N/c1-8(2)7-12-11(9(3)4)10(5)6/h8-11H,1-6H3/q+1. The highest BCUT2D eigenvalue weighted by Gasteiger charge is 2.25. The van der Waals surface area contributed by atoms with E-state index in [1.807, 2.05) is 0 Å². The van der Waals surface area contributed by atoms with Crippen LogP contribution in [0.5, 0.6) is 0 Å². The van der Waals surface area contributed by atoms with Crippen molar-refractivity contribution in [1.82, 2.24) is 0 Å². The molecule has 0 aromatic carbocycles. The van der Waals surface area contributed by atoms with Crippen LogP contribution in [0.1, 0.15) is 41.5 Å². The van der Waals surface area contributed by atoms with Crippen molar-refractivity contribution in [3.8, 4) is 6.07 Å². The van der Waals surface area contributed by atoms with Crippen molar-refractivity contribution in [2.75, 3.05) is 0 Å². The molecule has 0 aliphatic heterocycles. The Labute approximate surface area is 77.0 Å². The Balaban J connectivity index is 4.26. The lowest BCUT2D eigenvalue weighted by Crippen LogP contribution is -2.17. The van der Waals surface area contributed by atoms with Gasteiger partial charge in [-0.2, -0.15) is 0 Å². The average molecular weight is 168 g/mol. The molecule has 0 saturated carbocycles. The topological polar surface area (TPSA) is 4.36 Å². The normalized spacial score (nSPS) is 11.2. The molecule has 0 aliphatic carbocycles. The Bertz CT molecular complexity index is 161. The Kier molecular flexibility index (Phi) is 4.97. The van der Waals surface area contributed by atoms with Gasteiger partial charge in [0.1, 0.15) is 0 Å². The fourth-order valence-corrected chi connectivity index (χ4v) is 1.30. The van der Waals surface area contributed by atoms with E-state index in [1.54, 1.807) is 0 Å². The minimum atomic E-state index is 0.437. The summed E-state index contributed by atoms with van der Waals surface area (Å²) in [5.74, 6) is 1.69. The summed E-state index contributed by atoms with van der Waals surface area (Å²) in [7, 11) is 0. The molecule has 0 bridgehead atoms. The van der Waals surface area contributed by atoms with E-state index in [0.717, 1.165) is 0 Å². The summed E-state index contributed by atoms with van der Waals surface area (Å²) in [6.07, 6.45) is 0. The smallest absolute Gasteiger partial charge is 0.0796 e. The van der Waals surface area contributed by atoms with E-state index >= 15 is 0 Å². The molecule has 0 unspecified atom stereocenters. The van der Waals surface area contributed by atoms with Crippen molar-refractivity contribution >= 4 is 0 Å². The van der Waals surface area contributed by atoms with Gasteiger partial charge in [-0.05, 0) is 13.8 Å². The van der Waals surface area contributed by atoms with E-state index in [0.29, 0.717) is 23.8 Å². The zero-order valence-corrected chi connectivity index (χ0v) is 9.26. The van der Waals surface area contributed by atoms with Crippen LogP contribution in [-0.2, 0) is 0 Å². The molecular weight excluding hydrogens is 146 g/mol. The first-order chi connectivity index (χ1) is 5.45. The zero-order chi connectivity index (χ0) is 9.72. The highest BCUT2D eigenvalue weighted by molar-refractivity contribution is 4.97. The molecule has 0 amide bonds. The van der Waals surface area contributed by atoms with E-state index in [-0.39, 0.29) is 0 Å². The van der Waals surface area contributed by atoms with Crippen LogP contribution < -0.4 is 0 Å². The molecule has 12 heavy (non-hydrogen) atoms. The van der Waals surface area contributed by atoms with Crippen molar-refractivity contribution in [2.45, 2.75) is 47.6 Å². The SMILES string of the molecule is CC(C)C#[N+]C(C(C)C)C(C)C. The molecule has 0 radical (unpaired) electrons. The van der Waals surface area contributed by atoms with Crippen LogP contribution in [-0.4, -0.2) is 6.04 Å². The maximum Gasteiger partial charge on any atom is 0.276 e. The van der Waals surface area contributed by atoms with Crippen LogP contribution in [0.4, 0.5) is 0 Å².